The van der Waals surface area contributed by atoms with E-state index in [1.807, 2.05) is 0 Å². The second-order valence-electron chi connectivity index (χ2n) is 5.39. The van der Waals surface area contributed by atoms with E-state index in [9.17, 15) is 14.4 Å². The number of fused-ring (bicyclic) bond motifs is 1. The first-order chi connectivity index (χ1) is 11.5. The number of carbonyl (C=O) groups excluding carboxylic acids is 3. The van der Waals surface area contributed by atoms with Crippen LogP contribution < -0.4 is 5.73 Å². The Morgan fingerprint density at radius 3 is 2.67 bits per heavy atom. The first kappa shape index (κ1) is 15.6. The first-order valence-electron chi connectivity index (χ1n) is 7.26. The van der Waals surface area contributed by atoms with Gasteiger partial charge in [0.15, 0.2) is 11.5 Å². The van der Waals surface area contributed by atoms with Crippen LogP contribution in [0, 0.1) is 0 Å². The van der Waals surface area contributed by atoms with Crippen LogP contribution in [0.4, 0.5) is 0 Å². The van der Waals surface area contributed by atoms with Crippen LogP contribution in [0.1, 0.15) is 43.8 Å². The average Bonchev–Trinajstić information content (AvgIpc) is 2.99. The highest BCUT2D eigenvalue weighted by molar-refractivity contribution is 6.07. The van der Waals surface area contributed by atoms with Crippen molar-refractivity contribution in [2.24, 2.45) is 5.73 Å². The highest BCUT2D eigenvalue weighted by atomic mass is 16.3. The molecule has 0 saturated heterocycles. The fourth-order valence-corrected chi connectivity index (χ4v) is 2.55. The number of nitrogens with zero attached hydrogens (tertiary/aromatic N) is 1. The van der Waals surface area contributed by atoms with Crippen LogP contribution in [-0.4, -0.2) is 22.5 Å². The summed E-state index contributed by atoms with van der Waals surface area (Å²) in [5.41, 5.74) is 6.79. The molecule has 120 valence electrons. The third-order valence-electron chi connectivity index (χ3n) is 3.72. The SMILES string of the molecule is CC(=O)c1cccc2cc(C(=O)Cc3cnccc3C(N)=O)oc12. The standard InChI is InChI=1S/C18H14N2O4/c1-10(21)13-4-2-3-11-8-16(24-17(11)13)15(22)7-12-9-20-6-5-14(12)18(19)23/h2-6,8-9H,7H2,1H3,(H2,19,23). The summed E-state index contributed by atoms with van der Waals surface area (Å²) in [5.74, 6) is -0.963. The van der Waals surface area contributed by atoms with Crippen LogP contribution in [-0.2, 0) is 6.42 Å². The predicted octanol–water partition coefficient (Wildman–Crippen LogP) is 2.55. The van der Waals surface area contributed by atoms with Crippen LogP contribution >= 0.6 is 0 Å². The highest BCUT2D eigenvalue weighted by Gasteiger charge is 2.18. The number of furan rings is 1. The number of carbonyl (C=O) groups is 3. The van der Waals surface area contributed by atoms with Crippen molar-refractivity contribution in [1.29, 1.82) is 0 Å². The van der Waals surface area contributed by atoms with E-state index in [2.05, 4.69) is 4.98 Å². The Morgan fingerprint density at radius 1 is 1.17 bits per heavy atom. The van der Waals surface area contributed by atoms with Crippen LogP contribution in [0.2, 0.25) is 0 Å². The van der Waals surface area contributed by atoms with Crippen molar-refractivity contribution in [2.45, 2.75) is 13.3 Å². The van der Waals surface area contributed by atoms with Gasteiger partial charge in [0.1, 0.15) is 5.58 Å². The number of hydrogen-bond acceptors (Lipinski definition) is 5. The van der Waals surface area contributed by atoms with Crippen LogP contribution in [0.3, 0.4) is 0 Å². The number of rotatable bonds is 5. The molecule has 0 aliphatic carbocycles. The Kier molecular flexibility index (Phi) is 3.95. The maximum Gasteiger partial charge on any atom is 0.249 e. The molecular weight excluding hydrogens is 308 g/mol. The van der Waals surface area contributed by atoms with Gasteiger partial charge in [-0.15, -0.1) is 0 Å². The van der Waals surface area contributed by atoms with E-state index in [-0.39, 0.29) is 29.3 Å². The minimum Gasteiger partial charge on any atom is -0.452 e. The Bertz CT molecular complexity index is 972. The van der Waals surface area contributed by atoms with Gasteiger partial charge in [-0.3, -0.25) is 19.4 Å². The molecule has 0 atom stereocenters. The molecule has 6 nitrogen and oxygen atoms in total. The molecule has 0 bridgehead atoms. The normalized spacial score (nSPS) is 10.7. The van der Waals surface area contributed by atoms with E-state index in [0.717, 1.165) is 0 Å². The van der Waals surface area contributed by atoms with E-state index < -0.39 is 5.91 Å². The lowest BCUT2D eigenvalue weighted by atomic mass is 10.0. The lowest BCUT2D eigenvalue weighted by molar-refractivity contribution is 0.0963. The Hall–Kier alpha value is -3.28. The Balaban J connectivity index is 1.97. The number of ketones is 2. The summed E-state index contributed by atoms with van der Waals surface area (Å²) >= 11 is 0. The smallest absolute Gasteiger partial charge is 0.249 e. The summed E-state index contributed by atoms with van der Waals surface area (Å²) in [6.45, 7) is 1.44. The van der Waals surface area contributed by atoms with Gasteiger partial charge in [0.05, 0.1) is 5.56 Å². The molecule has 1 aromatic carbocycles. The largest absolute Gasteiger partial charge is 0.452 e. The van der Waals surface area contributed by atoms with Gasteiger partial charge in [-0.25, -0.2) is 0 Å². The third-order valence-corrected chi connectivity index (χ3v) is 3.72. The van der Waals surface area contributed by atoms with E-state index >= 15 is 0 Å². The van der Waals surface area contributed by atoms with Crippen LogP contribution in [0.15, 0.2) is 47.1 Å². The molecule has 0 radical (unpaired) electrons. The minimum atomic E-state index is -0.622. The maximum atomic E-state index is 12.5. The molecule has 2 aromatic heterocycles. The summed E-state index contributed by atoms with van der Waals surface area (Å²) in [4.78, 5) is 39.5. The molecule has 24 heavy (non-hydrogen) atoms. The summed E-state index contributed by atoms with van der Waals surface area (Å²) in [7, 11) is 0. The van der Waals surface area contributed by atoms with E-state index in [0.29, 0.717) is 22.1 Å². The molecule has 0 saturated carbocycles. The molecule has 0 spiro atoms. The number of benzene rings is 1. The number of amides is 1. The molecule has 0 fully saturated rings. The fourth-order valence-electron chi connectivity index (χ4n) is 2.55. The predicted molar refractivity (Wildman–Crippen MR) is 87.0 cm³/mol. The van der Waals surface area contributed by atoms with Gasteiger partial charge in [0, 0.05) is 29.8 Å². The van der Waals surface area contributed by atoms with Crippen molar-refractivity contribution in [1.82, 2.24) is 4.98 Å². The van der Waals surface area contributed by atoms with Crippen molar-refractivity contribution < 1.29 is 18.8 Å². The average molecular weight is 322 g/mol. The summed E-state index contributed by atoms with van der Waals surface area (Å²) in [5, 5.41) is 0.673. The molecule has 0 aliphatic heterocycles. The summed E-state index contributed by atoms with van der Waals surface area (Å²) in [6, 6.07) is 8.20. The number of primary amides is 1. The van der Waals surface area contributed by atoms with Crippen molar-refractivity contribution in [2.75, 3.05) is 0 Å². The summed E-state index contributed by atoms with van der Waals surface area (Å²) < 4.78 is 5.59. The van der Waals surface area contributed by atoms with Gasteiger partial charge in [0.2, 0.25) is 11.7 Å². The molecule has 3 rings (SSSR count). The van der Waals surface area contributed by atoms with E-state index in [4.69, 9.17) is 10.2 Å². The number of hydrogen-bond donors (Lipinski definition) is 1. The second-order valence-corrected chi connectivity index (χ2v) is 5.39. The quantitative estimate of drug-likeness (QED) is 0.727. The van der Waals surface area contributed by atoms with Crippen molar-refractivity contribution in [3.05, 3.63) is 65.2 Å². The topological polar surface area (TPSA) is 103 Å². The highest BCUT2D eigenvalue weighted by Crippen LogP contribution is 2.24. The maximum absolute atomic E-state index is 12.5. The monoisotopic (exact) mass is 322 g/mol. The molecule has 0 aliphatic rings. The molecule has 0 unspecified atom stereocenters. The molecule has 1 amide bonds. The Labute approximate surface area is 137 Å². The third kappa shape index (κ3) is 2.81. The van der Waals surface area contributed by atoms with Gasteiger partial charge in [0.25, 0.3) is 0 Å². The molecule has 2 N–H and O–H groups in total. The number of nitrogens with two attached hydrogens (primary N) is 1. The zero-order valence-corrected chi connectivity index (χ0v) is 12.9. The van der Waals surface area contributed by atoms with Crippen molar-refractivity contribution in [3.63, 3.8) is 0 Å². The van der Waals surface area contributed by atoms with E-state index in [1.165, 1.54) is 25.4 Å². The number of para-hydroxylation sites is 1. The zero-order chi connectivity index (χ0) is 17.3. The van der Waals surface area contributed by atoms with Crippen LogP contribution in [0.5, 0.6) is 0 Å². The first-order valence-corrected chi connectivity index (χ1v) is 7.26. The molecular formula is C18H14N2O4. The molecule has 3 aromatic rings. The zero-order valence-electron chi connectivity index (χ0n) is 12.9. The fraction of sp³-hybridized carbons (Fsp3) is 0.111. The van der Waals surface area contributed by atoms with Gasteiger partial charge < -0.3 is 10.2 Å². The molecule has 6 heteroatoms. The lowest BCUT2D eigenvalue weighted by Crippen LogP contribution is -2.15. The number of pyridine rings is 1. The Morgan fingerprint density at radius 2 is 1.96 bits per heavy atom. The number of Topliss-reactive ketones (excluding diaryl/α,β-unsaturated/α-hetero) is 2. The van der Waals surface area contributed by atoms with Crippen molar-refractivity contribution in [3.8, 4) is 0 Å². The molecule has 2 heterocycles. The van der Waals surface area contributed by atoms with Crippen molar-refractivity contribution >= 4 is 28.4 Å². The van der Waals surface area contributed by atoms with Gasteiger partial charge in [-0.05, 0) is 30.7 Å². The van der Waals surface area contributed by atoms with Gasteiger partial charge in [-0.1, -0.05) is 12.1 Å². The van der Waals surface area contributed by atoms with E-state index in [1.54, 1.807) is 24.3 Å². The van der Waals surface area contributed by atoms with Gasteiger partial charge in [-0.2, -0.15) is 0 Å². The number of aromatic nitrogens is 1. The van der Waals surface area contributed by atoms with Gasteiger partial charge >= 0.3 is 0 Å². The van der Waals surface area contributed by atoms with Crippen LogP contribution in [0.25, 0.3) is 11.0 Å². The summed E-state index contributed by atoms with van der Waals surface area (Å²) in [6.07, 6.45) is 2.80. The minimum absolute atomic E-state index is 0.0681. The second kappa shape index (κ2) is 6.08. The lowest BCUT2D eigenvalue weighted by Gasteiger charge is -2.03.